The lowest BCUT2D eigenvalue weighted by Gasteiger charge is -2.34. The topological polar surface area (TPSA) is 90.6 Å². The lowest BCUT2D eigenvalue weighted by molar-refractivity contribution is 0.0692. The lowest BCUT2D eigenvalue weighted by atomic mass is 10.1. The van der Waals surface area contributed by atoms with Crippen molar-refractivity contribution in [2.24, 2.45) is 0 Å². The van der Waals surface area contributed by atoms with Crippen molar-refractivity contribution in [3.05, 3.63) is 74.6 Å². The summed E-state index contributed by atoms with van der Waals surface area (Å²) < 4.78 is 27.0. The zero-order chi connectivity index (χ0) is 21.5. The van der Waals surface area contributed by atoms with Crippen LogP contribution in [0, 0.1) is 0 Å². The molecule has 1 fully saturated rings. The molecule has 1 aliphatic heterocycles. The first kappa shape index (κ1) is 20.9. The van der Waals surface area contributed by atoms with Gasteiger partial charge in [0, 0.05) is 31.6 Å². The van der Waals surface area contributed by atoms with Crippen molar-refractivity contribution in [3.63, 3.8) is 0 Å². The Bertz CT molecular complexity index is 1300. The molecule has 0 radical (unpaired) electrons. The van der Waals surface area contributed by atoms with Gasteiger partial charge in [-0.3, -0.25) is 9.59 Å². The van der Waals surface area contributed by atoms with Crippen LogP contribution in [0.3, 0.4) is 0 Å². The number of nitrogens with one attached hydrogen (secondary N) is 1. The van der Waals surface area contributed by atoms with Crippen LogP contribution in [0.4, 0.5) is 0 Å². The van der Waals surface area contributed by atoms with Crippen molar-refractivity contribution >= 4 is 49.9 Å². The van der Waals surface area contributed by atoms with Crippen molar-refractivity contribution in [1.29, 1.82) is 0 Å². The highest BCUT2D eigenvalue weighted by Crippen LogP contribution is 2.27. The van der Waals surface area contributed by atoms with Gasteiger partial charge in [-0.05, 0) is 35.7 Å². The van der Waals surface area contributed by atoms with E-state index in [9.17, 15) is 18.0 Å². The third-order valence-corrected chi connectivity index (χ3v) is 7.67. The first-order valence-electron chi connectivity index (χ1n) is 9.14. The molecule has 3 aromatic rings. The molecular formula is C20H17Cl2N3O4S. The van der Waals surface area contributed by atoms with Crippen LogP contribution in [0.1, 0.15) is 10.5 Å². The highest BCUT2D eigenvalue weighted by molar-refractivity contribution is 7.89. The second-order valence-corrected chi connectivity index (χ2v) is 9.62. The van der Waals surface area contributed by atoms with Gasteiger partial charge in [0.15, 0.2) is 0 Å². The van der Waals surface area contributed by atoms with Crippen LogP contribution in [0.5, 0.6) is 0 Å². The normalized spacial score (nSPS) is 15.5. The molecule has 0 bridgehead atoms. The fourth-order valence-corrected chi connectivity index (χ4v) is 5.23. The minimum Gasteiger partial charge on any atom is -0.335 e. The van der Waals surface area contributed by atoms with Crippen LogP contribution in [0.25, 0.3) is 10.8 Å². The van der Waals surface area contributed by atoms with Gasteiger partial charge in [0.2, 0.25) is 10.0 Å². The number of piperazine rings is 1. The average Bonchev–Trinajstić information content (AvgIpc) is 2.75. The van der Waals surface area contributed by atoms with Crippen molar-refractivity contribution in [2.45, 2.75) is 4.90 Å². The number of sulfonamides is 1. The van der Waals surface area contributed by atoms with E-state index >= 15 is 0 Å². The van der Waals surface area contributed by atoms with Crippen molar-refractivity contribution in [2.75, 3.05) is 26.2 Å². The Morgan fingerprint density at radius 2 is 1.63 bits per heavy atom. The third kappa shape index (κ3) is 3.83. The highest BCUT2D eigenvalue weighted by Gasteiger charge is 2.31. The molecule has 7 nitrogen and oxygen atoms in total. The number of hydrogen-bond acceptors (Lipinski definition) is 4. The number of carbonyl (C=O) groups excluding carboxylic acids is 1. The molecule has 1 N–H and O–H groups in total. The molecular weight excluding hydrogens is 449 g/mol. The zero-order valence-electron chi connectivity index (χ0n) is 15.6. The summed E-state index contributed by atoms with van der Waals surface area (Å²) in [5, 5.41) is 1.61. The van der Waals surface area contributed by atoms with E-state index in [0.717, 1.165) is 0 Å². The van der Waals surface area contributed by atoms with Crippen molar-refractivity contribution in [1.82, 2.24) is 14.2 Å². The predicted octanol–water partition coefficient (Wildman–Crippen LogP) is 2.98. The molecule has 4 rings (SSSR count). The van der Waals surface area contributed by atoms with Crippen LogP contribution in [0.2, 0.25) is 10.0 Å². The molecule has 1 aliphatic rings. The van der Waals surface area contributed by atoms with Gasteiger partial charge in [0.25, 0.3) is 11.5 Å². The number of nitrogens with zero attached hydrogens (tertiary/aromatic N) is 2. The van der Waals surface area contributed by atoms with Crippen molar-refractivity contribution < 1.29 is 13.2 Å². The molecule has 156 valence electrons. The maximum atomic E-state index is 12.9. The molecule has 2 aromatic carbocycles. The highest BCUT2D eigenvalue weighted by atomic mass is 35.5. The van der Waals surface area contributed by atoms with E-state index in [2.05, 4.69) is 4.98 Å². The molecule has 10 heteroatoms. The first-order chi connectivity index (χ1) is 14.3. The third-order valence-electron chi connectivity index (χ3n) is 5.04. The number of fused-ring (bicyclic) bond motifs is 1. The molecule has 0 saturated carbocycles. The van der Waals surface area contributed by atoms with Crippen LogP contribution in [-0.4, -0.2) is 54.7 Å². The van der Waals surface area contributed by atoms with Gasteiger partial charge >= 0.3 is 0 Å². The summed E-state index contributed by atoms with van der Waals surface area (Å²) in [7, 11) is -3.76. The Morgan fingerprint density at radius 3 is 2.33 bits per heavy atom. The molecule has 2 heterocycles. The summed E-state index contributed by atoms with van der Waals surface area (Å²) >= 11 is 11.8. The predicted molar refractivity (Wildman–Crippen MR) is 116 cm³/mol. The number of hydrogen-bond donors (Lipinski definition) is 1. The summed E-state index contributed by atoms with van der Waals surface area (Å²) in [4.78, 5) is 29.3. The number of amides is 1. The van der Waals surface area contributed by atoms with E-state index in [4.69, 9.17) is 23.2 Å². The second kappa shape index (κ2) is 8.03. The Morgan fingerprint density at radius 1 is 0.933 bits per heavy atom. The Balaban J connectivity index is 1.51. The second-order valence-electron chi connectivity index (χ2n) is 6.87. The fourth-order valence-electron chi connectivity index (χ4n) is 3.41. The number of rotatable bonds is 3. The molecule has 1 amide bonds. The largest absolute Gasteiger partial charge is 0.335 e. The van der Waals surface area contributed by atoms with E-state index < -0.39 is 10.0 Å². The van der Waals surface area contributed by atoms with E-state index in [-0.39, 0.29) is 58.3 Å². The number of H-pyrrole nitrogens is 1. The maximum absolute atomic E-state index is 12.9. The van der Waals surface area contributed by atoms with Gasteiger partial charge in [-0.25, -0.2) is 8.42 Å². The molecule has 30 heavy (non-hydrogen) atoms. The van der Waals surface area contributed by atoms with Gasteiger partial charge in [0.1, 0.15) is 5.69 Å². The standard InChI is InChI=1S/C20H17Cl2N3O4S/c21-16-6-5-14(12-17(16)22)30(28,29)25-9-7-24(8-10-25)20(27)18-11-13-3-1-2-4-15(13)19(26)23-18/h1-6,11-12H,7-10H2,(H,23,26). The summed E-state index contributed by atoms with van der Waals surface area (Å²) in [5.74, 6) is -0.343. The van der Waals surface area contributed by atoms with Crippen molar-refractivity contribution in [3.8, 4) is 0 Å². The average molecular weight is 466 g/mol. The Kier molecular flexibility index (Phi) is 5.59. The number of aromatic nitrogens is 1. The van der Waals surface area contributed by atoms with E-state index in [1.54, 1.807) is 30.3 Å². The van der Waals surface area contributed by atoms with E-state index in [0.29, 0.717) is 10.8 Å². The van der Waals surface area contributed by atoms with E-state index in [1.807, 2.05) is 0 Å². The van der Waals surface area contributed by atoms with Crippen LogP contribution >= 0.6 is 23.2 Å². The minimum atomic E-state index is -3.76. The number of aromatic amines is 1. The maximum Gasteiger partial charge on any atom is 0.270 e. The Hall–Kier alpha value is -2.39. The fraction of sp³-hybridized carbons (Fsp3) is 0.200. The number of halogens is 2. The number of carbonyl (C=O) groups is 1. The quantitative estimate of drug-likeness (QED) is 0.643. The van der Waals surface area contributed by atoms with Gasteiger partial charge in [-0.2, -0.15) is 4.31 Å². The molecule has 0 aliphatic carbocycles. The number of benzene rings is 2. The van der Waals surface area contributed by atoms with Crippen LogP contribution in [0.15, 0.2) is 58.2 Å². The Labute approximate surface area is 182 Å². The smallest absolute Gasteiger partial charge is 0.270 e. The summed E-state index contributed by atoms with van der Waals surface area (Å²) in [6.07, 6.45) is 0. The SMILES string of the molecule is O=C(c1cc2ccccc2c(=O)[nH]1)N1CCN(S(=O)(=O)c2ccc(Cl)c(Cl)c2)CC1. The number of pyridine rings is 1. The summed E-state index contributed by atoms with van der Waals surface area (Å²) in [6.45, 7) is 0.667. The minimum absolute atomic E-state index is 0.0514. The van der Waals surface area contributed by atoms with E-state index in [1.165, 1.54) is 27.4 Å². The summed E-state index contributed by atoms with van der Waals surface area (Å²) in [5.41, 5.74) is -0.156. The first-order valence-corrected chi connectivity index (χ1v) is 11.3. The van der Waals surface area contributed by atoms with Gasteiger partial charge in [-0.15, -0.1) is 0 Å². The molecule has 0 spiro atoms. The molecule has 0 unspecified atom stereocenters. The van der Waals surface area contributed by atoms with Gasteiger partial charge in [-0.1, -0.05) is 41.4 Å². The molecule has 1 saturated heterocycles. The van der Waals surface area contributed by atoms with Gasteiger partial charge in [0.05, 0.1) is 14.9 Å². The molecule has 0 atom stereocenters. The summed E-state index contributed by atoms with van der Waals surface area (Å²) in [6, 6.07) is 12.8. The molecule has 1 aromatic heterocycles. The van der Waals surface area contributed by atoms with Crippen LogP contribution < -0.4 is 5.56 Å². The monoisotopic (exact) mass is 465 g/mol. The van der Waals surface area contributed by atoms with Gasteiger partial charge < -0.3 is 9.88 Å². The zero-order valence-corrected chi connectivity index (χ0v) is 18.0. The lowest BCUT2D eigenvalue weighted by Crippen LogP contribution is -2.50. The van der Waals surface area contributed by atoms with Crippen LogP contribution in [-0.2, 0) is 10.0 Å².